The van der Waals surface area contributed by atoms with Crippen molar-refractivity contribution in [3.8, 4) is 0 Å². The smallest absolute Gasteiger partial charge is 0.384 e. The van der Waals surface area contributed by atoms with E-state index in [1.165, 1.54) is 18.2 Å². The molecule has 3 nitrogen and oxygen atoms in total. The molecule has 24 heavy (non-hydrogen) atoms. The third kappa shape index (κ3) is 4.75. The predicted octanol–water partition coefficient (Wildman–Crippen LogP) is 4.76. The quantitative estimate of drug-likeness (QED) is 0.826. The van der Waals surface area contributed by atoms with E-state index in [2.05, 4.69) is 10.6 Å². The summed E-state index contributed by atoms with van der Waals surface area (Å²) in [7, 11) is 0. The number of aryl methyl sites for hydroxylation is 2. The Balaban J connectivity index is 1.93. The minimum atomic E-state index is -4.43. The number of anilines is 2. The van der Waals surface area contributed by atoms with E-state index in [9.17, 15) is 18.0 Å². The Kier molecular flexibility index (Phi) is 5.49. The minimum Gasteiger partial charge on any atom is -0.384 e. The first-order valence-electron chi connectivity index (χ1n) is 7.54. The number of nitrogens with one attached hydrogen (secondary N) is 2. The molecule has 2 aromatic carbocycles. The average Bonchev–Trinajstić information content (AvgIpc) is 2.50. The van der Waals surface area contributed by atoms with E-state index in [0.717, 1.165) is 22.9 Å². The van der Waals surface area contributed by atoms with Gasteiger partial charge in [0.15, 0.2) is 0 Å². The fourth-order valence-corrected chi connectivity index (χ4v) is 2.28. The maximum absolute atomic E-state index is 12.9. The van der Waals surface area contributed by atoms with Crippen LogP contribution in [0.1, 0.15) is 23.1 Å². The van der Waals surface area contributed by atoms with Gasteiger partial charge < -0.3 is 10.6 Å². The predicted molar refractivity (Wildman–Crippen MR) is 89.1 cm³/mol. The molecule has 0 bridgehead atoms. The Morgan fingerprint density at radius 1 is 1.04 bits per heavy atom. The molecule has 0 heterocycles. The van der Waals surface area contributed by atoms with E-state index >= 15 is 0 Å². The first-order valence-corrected chi connectivity index (χ1v) is 7.54. The summed E-state index contributed by atoms with van der Waals surface area (Å²) >= 11 is 0. The van der Waals surface area contributed by atoms with E-state index in [0.29, 0.717) is 0 Å². The third-order valence-electron chi connectivity index (χ3n) is 3.57. The second kappa shape index (κ2) is 7.38. The summed E-state index contributed by atoms with van der Waals surface area (Å²) in [4.78, 5) is 12.0. The zero-order valence-electron chi connectivity index (χ0n) is 13.5. The lowest BCUT2D eigenvalue weighted by molar-refractivity contribution is -0.137. The first kappa shape index (κ1) is 17.8. The maximum Gasteiger partial charge on any atom is 0.418 e. The van der Waals surface area contributed by atoms with E-state index in [1.54, 1.807) is 0 Å². The molecule has 2 rings (SSSR count). The SMILES string of the molecule is Cc1ccc(C)c(NC(=O)CCNc2ccccc2C(F)(F)F)c1. The molecular weight excluding hydrogens is 317 g/mol. The van der Waals surface area contributed by atoms with Gasteiger partial charge in [-0.15, -0.1) is 0 Å². The lowest BCUT2D eigenvalue weighted by atomic mass is 10.1. The Morgan fingerprint density at radius 2 is 1.75 bits per heavy atom. The van der Waals surface area contributed by atoms with Crippen molar-refractivity contribution < 1.29 is 18.0 Å². The van der Waals surface area contributed by atoms with Crippen molar-refractivity contribution in [2.75, 3.05) is 17.2 Å². The topological polar surface area (TPSA) is 41.1 Å². The molecule has 0 unspecified atom stereocenters. The number of para-hydroxylation sites is 1. The monoisotopic (exact) mass is 336 g/mol. The number of halogens is 3. The van der Waals surface area contributed by atoms with Crippen LogP contribution in [0, 0.1) is 13.8 Å². The summed E-state index contributed by atoms with van der Waals surface area (Å²) in [6.45, 7) is 3.92. The third-order valence-corrected chi connectivity index (χ3v) is 3.57. The number of hydrogen-bond donors (Lipinski definition) is 2. The van der Waals surface area contributed by atoms with Crippen LogP contribution in [0.2, 0.25) is 0 Å². The van der Waals surface area contributed by atoms with E-state index in [-0.39, 0.29) is 24.6 Å². The highest BCUT2D eigenvalue weighted by Gasteiger charge is 2.32. The van der Waals surface area contributed by atoms with Gasteiger partial charge in [-0.05, 0) is 43.2 Å². The zero-order valence-corrected chi connectivity index (χ0v) is 13.5. The van der Waals surface area contributed by atoms with Gasteiger partial charge in [0.1, 0.15) is 0 Å². The number of alkyl halides is 3. The largest absolute Gasteiger partial charge is 0.418 e. The highest BCUT2D eigenvalue weighted by Crippen LogP contribution is 2.34. The van der Waals surface area contributed by atoms with Crippen molar-refractivity contribution in [1.82, 2.24) is 0 Å². The molecule has 0 aliphatic heterocycles. The van der Waals surface area contributed by atoms with Crippen molar-refractivity contribution in [3.63, 3.8) is 0 Å². The van der Waals surface area contributed by atoms with Gasteiger partial charge in [-0.25, -0.2) is 0 Å². The normalized spacial score (nSPS) is 11.2. The molecule has 0 radical (unpaired) electrons. The second-order valence-electron chi connectivity index (χ2n) is 5.59. The van der Waals surface area contributed by atoms with Gasteiger partial charge in [-0.3, -0.25) is 4.79 Å². The molecule has 2 N–H and O–H groups in total. The molecule has 0 spiro atoms. The zero-order chi connectivity index (χ0) is 17.7. The molecule has 0 aliphatic carbocycles. The van der Waals surface area contributed by atoms with E-state index < -0.39 is 11.7 Å². The maximum atomic E-state index is 12.9. The molecule has 0 saturated carbocycles. The highest BCUT2D eigenvalue weighted by molar-refractivity contribution is 5.91. The van der Waals surface area contributed by atoms with Gasteiger partial charge in [0.05, 0.1) is 5.56 Å². The van der Waals surface area contributed by atoms with Gasteiger partial charge in [-0.2, -0.15) is 13.2 Å². The summed E-state index contributed by atoms with van der Waals surface area (Å²) in [5.41, 5.74) is 1.91. The standard InChI is InChI=1S/C18H19F3N2O/c1-12-7-8-13(2)16(11-12)23-17(24)9-10-22-15-6-4-3-5-14(15)18(19,20)21/h3-8,11,22H,9-10H2,1-2H3,(H,23,24). The van der Waals surface area contributed by atoms with Crippen LogP contribution in [-0.2, 0) is 11.0 Å². The summed E-state index contributed by atoms with van der Waals surface area (Å²) in [6.07, 6.45) is -4.36. The molecule has 0 aliphatic rings. The van der Waals surface area contributed by atoms with Crippen LogP contribution >= 0.6 is 0 Å². The molecule has 128 valence electrons. The van der Waals surface area contributed by atoms with Crippen LogP contribution in [0.3, 0.4) is 0 Å². The molecule has 0 atom stereocenters. The van der Waals surface area contributed by atoms with Gasteiger partial charge in [0, 0.05) is 24.3 Å². The molecule has 0 fully saturated rings. The van der Waals surface area contributed by atoms with Gasteiger partial charge in [-0.1, -0.05) is 24.3 Å². The van der Waals surface area contributed by atoms with Gasteiger partial charge >= 0.3 is 6.18 Å². The summed E-state index contributed by atoms with van der Waals surface area (Å²) in [6, 6.07) is 10.9. The lowest BCUT2D eigenvalue weighted by Gasteiger charge is -2.14. The lowest BCUT2D eigenvalue weighted by Crippen LogP contribution is -2.18. The Bertz CT molecular complexity index is 726. The van der Waals surface area contributed by atoms with Crippen LogP contribution in [0.4, 0.5) is 24.5 Å². The highest BCUT2D eigenvalue weighted by atomic mass is 19.4. The minimum absolute atomic E-state index is 0.0236. The molecule has 0 aromatic heterocycles. The number of rotatable bonds is 5. The number of hydrogen-bond acceptors (Lipinski definition) is 2. The molecule has 0 saturated heterocycles. The number of benzene rings is 2. The Hall–Kier alpha value is -2.50. The second-order valence-corrected chi connectivity index (χ2v) is 5.59. The van der Waals surface area contributed by atoms with Crippen LogP contribution in [0.5, 0.6) is 0 Å². The van der Waals surface area contributed by atoms with Crippen molar-refractivity contribution in [2.45, 2.75) is 26.4 Å². The molecule has 6 heteroatoms. The van der Waals surface area contributed by atoms with Crippen molar-refractivity contribution in [2.24, 2.45) is 0 Å². The van der Waals surface area contributed by atoms with Crippen LogP contribution in [-0.4, -0.2) is 12.5 Å². The summed E-state index contributed by atoms with van der Waals surface area (Å²) < 4.78 is 38.7. The summed E-state index contributed by atoms with van der Waals surface area (Å²) in [5.74, 6) is -0.249. The summed E-state index contributed by atoms with van der Waals surface area (Å²) in [5, 5.41) is 5.46. The fourth-order valence-electron chi connectivity index (χ4n) is 2.28. The average molecular weight is 336 g/mol. The molecule has 1 amide bonds. The first-order chi connectivity index (χ1) is 11.3. The van der Waals surface area contributed by atoms with Crippen LogP contribution < -0.4 is 10.6 Å². The van der Waals surface area contributed by atoms with Crippen molar-refractivity contribution in [3.05, 3.63) is 59.2 Å². The molecular formula is C18H19F3N2O. The van der Waals surface area contributed by atoms with Crippen molar-refractivity contribution in [1.29, 1.82) is 0 Å². The van der Waals surface area contributed by atoms with Crippen LogP contribution in [0.15, 0.2) is 42.5 Å². The number of carbonyl (C=O) groups is 1. The number of amides is 1. The Labute approximate surface area is 138 Å². The van der Waals surface area contributed by atoms with E-state index in [4.69, 9.17) is 0 Å². The van der Waals surface area contributed by atoms with Crippen molar-refractivity contribution >= 4 is 17.3 Å². The van der Waals surface area contributed by atoms with Gasteiger partial charge in [0.25, 0.3) is 0 Å². The Morgan fingerprint density at radius 3 is 2.46 bits per heavy atom. The van der Waals surface area contributed by atoms with Gasteiger partial charge in [0.2, 0.25) is 5.91 Å². The van der Waals surface area contributed by atoms with E-state index in [1.807, 2.05) is 32.0 Å². The fraction of sp³-hybridized carbons (Fsp3) is 0.278. The number of carbonyl (C=O) groups excluding carboxylic acids is 1. The molecule has 2 aromatic rings. The van der Waals surface area contributed by atoms with Crippen LogP contribution in [0.25, 0.3) is 0 Å².